The van der Waals surface area contributed by atoms with Gasteiger partial charge in [0.2, 0.25) is 11.8 Å². The molecule has 1 saturated heterocycles. The Labute approximate surface area is 209 Å². The molecule has 4 aromatic rings. The molecule has 1 N–H and O–H groups in total. The SMILES string of the molecule is CCc1cccc(C)c1N1CC(C(=O)Nc2ccc(-c3csc(-c4ccccc4)n3)cc2)CC1=O. The summed E-state index contributed by atoms with van der Waals surface area (Å²) >= 11 is 1.61. The number of nitrogens with one attached hydrogen (secondary N) is 1. The third-order valence-electron chi connectivity index (χ3n) is 6.44. The fourth-order valence-electron chi connectivity index (χ4n) is 4.58. The van der Waals surface area contributed by atoms with E-state index in [9.17, 15) is 9.59 Å². The van der Waals surface area contributed by atoms with Crippen molar-refractivity contribution in [1.29, 1.82) is 0 Å². The number of hydrogen-bond donors (Lipinski definition) is 1. The van der Waals surface area contributed by atoms with Crippen molar-refractivity contribution in [2.75, 3.05) is 16.8 Å². The van der Waals surface area contributed by atoms with Crippen LogP contribution in [0.15, 0.2) is 78.2 Å². The average molecular weight is 482 g/mol. The molecule has 1 atom stereocenters. The van der Waals surface area contributed by atoms with Gasteiger partial charge < -0.3 is 10.2 Å². The number of carbonyl (C=O) groups is 2. The van der Waals surface area contributed by atoms with Crippen molar-refractivity contribution in [2.24, 2.45) is 5.92 Å². The molecule has 0 bridgehead atoms. The number of para-hydroxylation sites is 1. The van der Waals surface area contributed by atoms with Gasteiger partial charge in [0.25, 0.3) is 0 Å². The number of benzene rings is 3. The number of nitrogens with zero attached hydrogens (tertiary/aromatic N) is 2. The number of rotatable bonds is 6. The van der Waals surface area contributed by atoms with E-state index in [0.717, 1.165) is 45.1 Å². The Balaban J connectivity index is 1.26. The number of carbonyl (C=O) groups excluding carboxylic acids is 2. The predicted octanol–water partition coefficient (Wildman–Crippen LogP) is 6.34. The van der Waals surface area contributed by atoms with Gasteiger partial charge >= 0.3 is 0 Å². The largest absolute Gasteiger partial charge is 0.326 e. The molecule has 2 heterocycles. The van der Waals surface area contributed by atoms with E-state index in [1.165, 1.54) is 0 Å². The molecule has 1 fully saturated rings. The Bertz CT molecular complexity index is 1360. The maximum Gasteiger partial charge on any atom is 0.229 e. The number of anilines is 2. The van der Waals surface area contributed by atoms with Crippen molar-refractivity contribution in [3.8, 4) is 21.8 Å². The average Bonchev–Trinajstić information content (AvgIpc) is 3.52. The second-order valence-corrected chi connectivity index (χ2v) is 9.67. The maximum atomic E-state index is 13.0. The molecule has 35 heavy (non-hydrogen) atoms. The number of aromatic nitrogens is 1. The van der Waals surface area contributed by atoms with E-state index >= 15 is 0 Å². The van der Waals surface area contributed by atoms with Crippen molar-refractivity contribution in [3.05, 3.63) is 89.3 Å². The molecule has 0 spiro atoms. The van der Waals surface area contributed by atoms with Crippen LogP contribution in [0, 0.1) is 12.8 Å². The molecule has 0 saturated carbocycles. The van der Waals surface area contributed by atoms with E-state index in [0.29, 0.717) is 12.2 Å². The standard InChI is InChI=1S/C29H27N3O2S/c1-3-20-11-7-8-19(2)27(20)32-17-23(16-26(32)33)28(34)30-24-14-12-21(13-15-24)25-18-35-29(31-25)22-9-5-4-6-10-22/h4-15,18,23H,3,16-17H2,1-2H3,(H,30,34). The molecule has 5 nitrogen and oxygen atoms in total. The zero-order chi connectivity index (χ0) is 24.4. The lowest BCUT2D eigenvalue weighted by Gasteiger charge is -2.22. The summed E-state index contributed by atoms with van der Waals surface area (Å²) in [5.41, 5.74) is 6.87. The molecule has 1 aliphatic heterocycles. The minimum atomic E-state index is -0.376. The van der Waals surface area contributed by atoms with Crippen LogP contribution in [0.4, 0.5) is 11.4 Å². The van der Waals surface area contributed by atoms with Crippen LogP contribution in [0.3, 0.4) is 0 Å². The highest BCUT2D eigenvalue weighted by molar-refractivity contribution is 7.13. The summed E-state index contributed by atoms with van der Waals surface area (Å²) in [7, 11) is 0. The van der Waals surface area contributed by atoms with Gasteiger partial charge in [-0.3, -0.25) is 9.59 Å². The highest BCUT2D eigenvalue weighted by Gasteiger charge is 2.36. The molecular formula is C29H27N3O2S. The first kappa shape index (κ1) is 23.0. The quantitative estimate of drug-likeness (QED) is 0.350. The monoisotopic (exact) mass is 481 g/mol. The fourth-order valence-corrected chi connectivity index (χ4v) is 5.41. The molecule has 3 aromatic carbocycles. The maximum absolute atomic E-state index is 13.0. The Morgan fingerprint density at radius 2 is 1.80 bits per heavy atom. The van der Waals surface area contributed by atoms with E-state index in [1.807, 2.05) is 66.9 Å². The minimum Gasteiger partial charge on any atom is -0.326 e. The van der Waals surface area contributed by atoms with Gasteiger partial charge in [0, 0.05) is 40.8 Å². The van der Waals surface area contributed by atoms with Crippen LogP contribution in [-0.2, 0) is 16.0 Å². The van der Waals surface area contributed by atoms with Gasteiger partial charge in [-0.15, -0.1) is 11.3 Å². The van der Waals surface area contributed by atoms with Crippen LogP contribution in [0.5, 0.6) is 0 Å². The summed E-state index contributed by atoms with van der Waals surface area (Å²) in [5.74, 6) is -0.499. The first-order valence-corrected chi connectivity index (χ1v) is 12.7. The second-order valence-electron chi connectivity index (χ2n) is 8.81. The van der Waals surface area contributed by atoms with Gasteiger partial charge in [-0.2, -0.15) is 0 Å². The number of amides is 2. The molecule has 5 rings (SSSR count). The van der Waals surface area contributed by atoms with Crippen LogP contribution < -0.4 is 10.2 Å². The highest BCUT2D eigenvalue weighted by Crippen LogP contribution is 2.33. The smallest absolute Gasteiger partial charge is 0.229 e. The molecule has 1 aromatic heterocycles. The predicted molar refractivity (Wildman–Crippen MR) is 143 cm³/mol. The zero-order valence-corrected chi connectivity index (χ0v) is 20.6. The molecule has 176 valence electrons. The van der Waals surface area contributed by atoms with Gasteiger partial charge in [-0.1, -0.05) is 67.6 Å². The minimum absolute atomic E-state index is 0.00208. The number of hydrogen-bond acceptors (Lipinski definition) is 4. The molecule has 1 aliphatic rings. The van der Waals surface area contributed by atoms with Crippen LogP contribution >= 0.6 is 11.3 Å². The second kappa shape index (κ2) is 9.84. The molecule has 6 heteroatoms. The van der Waals surface area contributed by atoms with E-state index < -0.39 is 0 Å². The summed E-state index contributed by atoms with van der Waals surface area (Å²) in [6.45, 7) is 4.50. The van der Waals surface area contributed by atoms with Crippen molar-refractivity contribution in [1.82, 2.24) is 4.98 Å². The molecular weight excluding hydrogens is 454 g/mol. The Morgan fingerprint density at radius 1 is 1.03 bits per heavy atom. The molecule has 0 radical (unpaired) electrons. The molecule has 1 unspecified atom stereocenters. The summed E-state index contributed by atoms with van der Waals surface area (Å²) in [6, 6.07) is 23.9. The van der Waals surface area contributed by atoms with Crippen molar-refractivity contribution >= 4 is 34.5 Å². The Kier molecular flexibility index (Phi) is 6.47. The van der Waals surface area contributed by atoms with E-state index in [4.69, 9.17) is 4.98 Å². The normalized spacial score (nSPS) is 15.4. The van der Waals surface area contributed by atoms with Gasteiger partial charge in [-0.05, 0) is 36.6 Å². The summed E-state index contributed by atoms with van der Waals surface area (Å²) in [5, 5.41) is 6.02. The Hall–Kier alpha value is -3.77. The molecule has 0 aliphatic carbocycles. The van der Waals surface area contributed by atoms with Gasteiger partial charge in [0.1, 0.15) is 5.01 Å². The van der Waals surface area contributed by atoms with Crippen molar-refractivity contribution in [3.63, 3.8) is 0 Å². The lowest BCUT2D eigenvalue weighted by molar-refractivity contribution is -0.122. The van der Waals surface area contributed by atoms with Crippen LogP contribution in [0.2, 0.25) is 0 Å². The summed E-state index contributed by atoms with van der Waals surface area (Å²) < 4.78 is 0. The highest BCUT2D eigenvalue weighted by atomic mass is 32.1. The third-order valence-corrected chi connectivity index (χ3v) is 7.33. The summed E-state index contributed by atoms with van der Waals surface area (Å²) in [6.07, 6.45) is 1.07. The van der Waals surface area contributed by atoms with Gasteiger partial charge in [0.15, 0.2) is 0 Å². The van der Waals surface area contributed by atoms with Crippen molar-refractivity contribution in [2.45, 2.75) is 26.7 Å². The molecule has 2 amide bonds. The summed E-state index contributed by atoms with van der Waals surface area (Å²) in [4.78, 5) is 32.3. The van der Waals surface area contributed by atoms with Crippen molar-refractivity contribution < 1.29 is 9.59 Å². The first-order chi connectivity index (χ1) is 17.0. The first-order valence-electron chi connectivity index (χ1n) is 11.8. The van der Waals surface area contributed by atoms with E-state index in [2.05, 4.69) is 30.4 Å². The third kappa shape index (κ3) is 4.75. The van der Waals surface area contributed by atoms with Gasteiger partial charge in [-0.25, -0.2) is 4.98 Å². The number of thiazole rings is 1. The van der Waals surface area contributed by atoms with Crippen LogP contribution in [-0.4, -0.2) is 23.3 Å². The Morgan fingerprint density at radius 3 is 2.54 bits per heavy atom. The van der Waals surface area contributed by atoms with Gasteiger partial charge in [0.05, 0.1) is 11.6 Å². The fraction of sp³-hybridized carbons (Fsp3) is 0.207. The number of aryl methyl sites for hydroxylation is 2. The van der Waals surface area contributed by atoms with Crippen LogP contribution in [0.25, 0.3) is 21.8 Å². The van der Waals surface area contributed by atoms with E-state index in [-0.39, 0.29) is 24.2 Å². The zero-order valence-electron chi connectivity index (χ0n) is 19.8. The van der Waals surface area contributed by atoms with E-state index in [1.54, 1.807) is 16.2 Å². The lowest BCUT2D eigenvalue weighted by Crippen LogP contribution is -2.29. The topological polar surface area (TPSA) is 62.3 Å². The lowest BCUT2D eigenvalue weighted by atomic mass is 10.0. The van der Waals surface area contributed by atoms with Crippen LogP contribution in [0.1, 0.15) is 24.5 Å².